The maximum Gasteiger partial charge on any atom is 0.573 e. The fourth-order valence-corrected chi connectivity index (χ4v) is 2.60. The van der Waals surface area contributed by atoms with E-state index < -0.39 is 6.36 Å². The first-order chi connectivity index (χ1) is 13.6. The Morgan fingerprint density at radius 2 is 1.72 bits per heavy atom. The fraction of sp³-hybridized carbons (Fsp3) is 0.273. The molecule has 2 rings (SSSR count). The molecule has 0 aliphatic heterocycles. The second-order valence-electron chi connectivity index (χ2n) is 6.67. The number of halogens is 3. The van der Waals surface area contributed by atoms with Gasteiger partial charge in [-0.05, 0) is 55.7 Å². The first-order valence-corrected chi connectivity index (χ1v) is 9.01. The molecule has 1 atom stereocenters. The normalized spacial score (nSPS) is 13.0. The maximum absolute atomic E-state index is 12.3. The van der Waals surface area contributed by atoms with Crippen molar-refractivity contribution in [3.05, 3.63) is 72.4 Å². The Hall–Kier alpha value is -3.09. The molecule has 0 saturated heterocycles. The van der Waals surface area contributed by atoms with Gasteiger partial charge >= 0.3 is 6.36 Å². The third-order valence-corrected chi connectivity index (χ3v) is 4.37. The van der Waals surface area contributed by atoms with Gasteiger partial charge in [-0.25, -0.2) is 5.01 Å². The topological polar surface area (TPSA) is 41.9 Å². The third kappa shape index (κ3) is 6.78. The number of hydrazone groups is 1. The van der Waals surface area contributed by atoms with Gasteiger partial charge in [0.1, 0.15) is 11.5 Å². The molecule has 0 fully saturated rings. The number of rotatable bonds is 8. The summed E-state index contributed by atoms with van der Waals surface area (Å²) in [6.45, 7) is 9.01. The van der Waals surface area contributed by atoms with E-state index in [-0.39, 0.29) is 17.5 Å². The molecule has 1 unspecified atom stereocenters. The minimum atomic E-state index is -4.73. The Bertz CT molecular complexity index is 872. The first kappa shape index (κ1) is 22.2. The zero-order valence-electron chi connectivity index (χ0n) is 16.5. The van der Waals surface area contributed by atoms with Gasteiger partial charge in [-0.1, -0.05) is 37.8 Å². The summed E-state index contributed by atoms with van der Waals surface area (Å²) in [6.07, 6.45) is -2.59. The Balaban J connectivity index is 2.13. The van der Waals surface area contributed by atoms with Crippen molar-refractivity contribution in [2.45, 2.75) is 33.6 Å². The number of ketones is 1. The van der Waals surface area contributed by atoms with Crippen LogP contribution in [0.3, 0.4) is 0 Å². The van der Waals surface area contributed by atoms with Gasteiger partial charge in [0.2, 0.25) is 0 Å². The summed E-state index contributed by atoms with van der Waals surface area (Å²) in [5.74, 6) is -0.183. The number of anilines is 1. The molecular formula is C22H23F3N2O2. The fourth-order valence-electron chi connectivity index (χ4n) is 2.60. The highest BCUT2D eigenvalue weighted by Crippen LogP contribution is 2.26. The van der Waals surface area contributed by atoms with Crippen LogP contribution >= 0.6 is 0 Å². The number of nitrogens with zero attached hydrogens (tertiary/aromatic N) is 2. The van der Waals surface area contributed by atoms with E-state index in [1.165, 1.54) is 35.5 Å². The van der Waals surface area contributed by atoms with Crippen molar-refractivity contribution >= 4 is 17.2 Å². The number of carbonyl (C=O) groups is 1. The van der Waals surface area contributed by atoms with E-state index in [4.69, 9.17) is 0 Å². The van der Waals surface area contributed by atoms with Crippen LogP contribution in [-0.2, 0) is 11.2 Å². The molecular weight excluding hydrogens is 381 g/mol. The molecule has 29 heavy (non-hydrogen) atoms. The van der Waals surface area contributed by atoms with Crippen LogP contribution in [0.2, 0.25) is 0 Å². The number of carbonyl (C=O) groups excluding carboxylic acids is 1. The van der Waals surface area contributed by atoms with Gasteiger partial charge in [0, 0.05) is 12.1 Å². The number of alkyl halides is 3. The molecule has 0 saturated carbocycles. The standard InChI is InChI=1S/C22H23F3N2O2/c1-5-27(20-10-12-21(13-11-20)29-22(23,24)25)26-16(3)19-8-6-18(7-9-19)14-15(2)17(4)28/h5-13,15H,1,14H2,2-4H3/b26-16+. The van der Waals surface area contributed by atoms with Crippen molar-refractivity contribution < 1.29 is 22.7 Å². The first-order valence-electron chi connectivity index (χ1n) is 9.01. The van der Waals surface area contributed by atoms with Crippen molar-refractivity contribution in [1.29, 1.82) is 0 Å². The molecule has 0 amide bonds. The van der Waals surface area contributed by atoms with Crippen LogP contribution in [0.1, 0.15) is 31.9 Å². The predicted molar refractivity (Wildman–Crippen MR) is 108 cm³/mol. The number of hydrogen-bond donors (Lipinski definition) is 0. The van der Waals surface area contributed by atoms with E-state index in [2.05, 4.69) is 16.4 Å². The molecule has 2 aromatic carbocycles. The molecule has 0 aliphatic carbocycles. The lowest BCUT2D eigenvalue weighted by Crippen LogP contribution is -2.17. The third-order valence-electron chi connectivity index (χ3n) is 4.37. The van der Waals surface area contributed by atoms with Crippen molar-refractivity contribution in [2.24, 2.45) is 11.0 Å². The molecule has 0 aliphatic rings. The van der Waals surface area contributed by atoms with Crippen LogP contribution < -0.4 is 9.75 Å². The number of benzene rings is 2. The number of ether oxygens (including phenoxy) is 1. The van der Waals surface area contributed by atoms with E-state index in [1.54, 1.807) is 6.92 Å². The number of hydrogen-bond acceptors (Lipinski definition) is 4. The molecule has 0 spiro atoms. The molecule has 4 nitrogen and oxygen atoms in total. The summed E-state index contributed by atoms with van der Waals surface area (Å²) in [7, 11) is 0. The molecule has 0 heterocycles. The molecule has 0 radical (unpaired) electrons. The van der Waals surface area contributed by atoms with Crippen LogP contribution in [0.4, 0.5) is 18.9 Å². The molecule has 154 valence electrons. The Labute approximate surface area is 168 Å². The van der Waals surface area contributed by atoms with E-state index in [9.17, 15) is 18.0 Å². The van der Waals surface area contributed by atoms with E-state index in [1.807, 2.05) is 38.1 Å². The van der Waals surface area contributed by atoms with Crippen LogP contribution in [-0.4, -0.2) is 17.9 Å². The van der Waals surface area contributed by atoms with Gasteiger partial charge in [0.05, 0.1) is 11.4 Å². The maximum atomic E-state index is 12.3. The van der Waals surface area contributed by atoms with E-state index >= 15 is 0 Å². The average Bonchev–Trinajstić information content (AvgIpc) is 2.66. The number of Topliss-reactive ketones (excluding diaryl/α,β-unsaturated/α-hetero) is 1. The molecule has 0 aromatic heterocycles. The quantitative estimate of drug-likeness (QED) is 0.417. The zero-order valence-corrected chi connectivity index (χ0v) is 16.5. The van der Waals surface area contributed by atoms with Gasteiger partial charge in [-0.2, -0.15) is 5.10 Å². The van der Waals surface area contributed by atoms with Gasteiger partial charge in [0.15, 0.2) is 0 Å². The average molecular weight is 404 g/mol. The molecule has 0 N–H and O–H groups in total. The van der Waals surface area contributed by atoms with E-state index in [0.29, 0.717) is 17.8 Å². The highest BCUT2D eigenvalue weighted by Gasteiger charge is 2.31. The van der Waals surface area contributed by atoms with Crippen LogP contribution in [0.25, 0.3) is 0 Å². The minimum Gasteiger partial charge on any atom is -0.406 e. The highest BCUT2D eigenvalue weighted by atomic mass is 19.4. The lowest BCUT2D eigenvalue weighted by atomic mass is 9.97. The van der Waals surface area contributed by atoms with Gasteiger partial charge < -0.3 is 4.74 Å². The minimum absolute atomic E-state index is 0.0313. The van der Waals surface area contributed by atoms with Crippen LogP contribution in [0.15, 0.2) is 66.4 Å². The summed E-state index contributed by atoms with van der Waals surface area (Å²) in [5.41, 5.74) is 3.19. The van der Waals surface area contributed by atoms with Gasteiger partial charge in [-0.15, -0.1) is 13.2 Å². The molecule has 2 aromatic rings. The summed E-state index contributed by atoms with van der Waals surface area (Å²) in [6, 6.07) is 13.1. The summed E-state index contributed by atoms with van der Waals surface area (Å²) >= 11 is 0. The SMILES string of the molecule is C=CN(/N=C(\C)c1ccc(CC(C)C(C)=O)cc1)c1ccc(OC(F)(F)F)cc1. The van der Waals surface area contributed by atoms with E-state index in [0.717, 1.165) is 11.1 Å². The van der Waals surface area contributed by atoms with Gasteiger partial charge in [-0.3, -0.25) is 4.79 Å². The Morgan fingerprint density at radius 3 is 2.21 bits per heavy atom. The Morgan fingerprint density at radius 1 is 1.14 bits per heavy atom. The molecule has 7 heteroatoms. The summed E-state index contributed by atoms with van der Waals surface area (Å²) in [4.78, 5) is 11.4. The second-order valence-corrected chi connectivity index (χ2v) is 6.67. The smallest absolute Gasteiger partial charge is 0.406 e. The van der Waals surface area contributed by atoms with Gasteiger partial charge in [0.25, 0.3) is 0 Å². The summed E-state index contributed by atoms with van der Waals surface area (Å²) < 4.78 is 40.7. The second kappa shape index (κ2) is 9.41. The van der Waals surface area contributed by atoms with Crippen molar-refractivity contribution in [3.8, 4) is 5.75 Å². The van der Waals surface area contributed by atoms with Crippen LogP contribution in [0.5, 0.6) is 5.75 Å². The van der Waals surface area contributed by atoms with Crippen LogP contribution in [0, 0.1) is 5.92 Å². The van der Waals surface area contributed by atoms with Crippen molar-refractivity contribution in [2.75, 3.05) is 5.01 Å². The van der Waals surface area contributed by atoms with Crippen molar-refractivity contribution in [3.63, 3.8) is 0 Å². The highest BCUT2D eigenvalue weighted by molar-refractivity contribution is 5.99. The Kier molecular flexibility index (Phi) is 7.20. The summed E-state index contributed by atoms with van der Waals surface area (Å²) in [5, 5.41) is 5.94. The lowest BCUT2D eigenvalue weighted by Gasteiger charge is -2.16. The predicted octanol–water partition coefficient (Wildman–Crippen LogP) is 5.73. The lowest BCUT2D eigenvalue weighted by molar-refractivity contribution is -0.274. The monoisotopic (exact) mass is 404 g/mol. The van der Waals surface area contributed by atoms with Crippen molar-refractivity contribution in [1.82, 2.24) is 0 Å². The largest absolute Gasteiger partial charge is 0.573 e. The molecule has 0 bridgehead atoms. The zero-order chi connectivity index (χ0) is 21.6.